The summed E-state index contributed by atoms with van der Waals surface area (Å²) in [4.78, 5) is 18.4. The molecule has 3 N–H and O–H groups in total. The van der Waals surface area contributed by atoms with Gasteiger partial charge in [-0.2, -0.15) is 0 Å². The summed E-state index contributed by atoms with van der Waals surface area (Å²) in [5.74, 6) is -0.704. The molecule has 0 atom stereocenters. The van der Waals surface area contributed by atoms with Crippen molar-refractivity contribution in [2.24, 2.45) is 5.92 Å². The van der Waals surface area contributed by atoms with E-state index in [1.54, 1.807) is 0 Å². The number of hydrogen-bond acceptors (Lipinski definition) is 4. The predicted octanol–water partition coefficient (Wildman–Crippen LogP) is 0.956. The highest BCUT2D eigenvalue weighted by atomic mass is 16.4. The first-order chi connectivity index (χ1) is 6.52. The van der Waals surface area contributed by atoms with Gasteiger partial charge in [-0.15, -0.1) is 0 Å². The number of nitrogens with two attached hydrogens (primary N) is 1. The number of carbonyl (C=O) groups is 1. The van der Waals surface area contributed by atoms with Crippen molar-refractivity contribution < 1.29 is 9.90 Å². The van der Waals surface area contributed by atoms with Gasteiger partial charge in [0.25, 0.3) is 0 Å². The molecular weight excluding hydrogens is 182 g/mol. The topological polar surface area (TPSA) is 89.1 Å². The third-order valence-electron chi connectivity index (χ3n) is 1.77. The summed E-state index contributed by atoms with van der Waals surface area (Å²) >= 11 is 0. The van der Waals surface area contributed by atoms with E-state index in [2.05, 4.69) is 9.97 Å². The molecule has 0 saturated carbocycles. The van der Waals surface area contributed by atoms with E-state index in [0.717, 1.165) is 0 Å². The Morgan fingerprint density at radius 2 is 2.21 bits per heavy atom. The SMILES string of the molecule is CC(C)Cc1ncnc(N)c1C(=O)O. The molecule has 0 aliphatic carbocycles. The van der Waals surface area contributed by atoms with Crippen molar-refractivity contribution in [2.75, 3.05) is 5.73 Å². The van der Waals surface area contributed by atoms with E-state index in [4.69, 9.17) is 10.8 Å². The Hall–Kier alpha value is -1.65. The number of rotatable bonds is 3. The van der Waals surface area contributed by atoms with Crippen molar-refractivity contribution in [1.29, 1.82) is 0 Å². The molecule has 1 rings (SSSR count). The Bertz CT molecular complexity index is 350. The van der Waals surface area contributed by atoms with E-state index in [1.807, 2.05) is 13.8 Å². The van der Waals surface area contributed by atoms with Crippen molar-refractivity contribution in [3.05, 3.63) is 17.6 Å². The molecule has 1 heterocycles. The third kappa shape index (κ3) is 2.18. The lowest BCUT2D eigenvalue weighted by atomic mass is 10.0. The van der Waals surface area contributed by atoms with Gasteiger partial charge in [0.15, 0.2) is 0 Å². The van der Waals surface area contributed by atoms with Crippen LogP contribution in [0.4, 0.5) is 5.82 Å². The fourth-order valence-electron chi connectivity index (χ4n) is 1.21. The Labute approximate surface area is 82.0 Å². The highest BCUT2D eigenvalue weighted by Crippen LogP contribution is 2.15. The summed E-state index contributed by atoms with van der Waals surface area (Å²) in [6.07, 6.45) is 1.88. The van der Waals surface area contributed by atoms with Crippen LogP contribution in [0.3, 0.4) is 0 Å². The molecule has 1 aromatic heterocycles. The first-order valence-corrected chi connectivity index (χ1v) is 4.35. The van der Waals surface area contributed by atoms with Gasteiger partial charge in [0.1, 0.15) is 17.7 Å². The van der Waals surface area contributed by atoms with Crippen LogP contribution in [-0.4, -0.2) is 21.0 Å². The average molecular weight is 195 g/mol. The van der Waals surface area contributed by atoms with Crippen molar-refractivity contribution in [3.8, 4) is 0 Å². The first-order valence-electron chi connectivity index (χ1n) is 4.35. The zero-order valence-electron chi connectivity index (χ0n) is 8.19. The number of anilines is 1. The van der Waals surface area contributed by atoms with Gasteiger partial charge in [-0.3, -0.25) is 0 Å². The normalized spacial score (nSPS) is 10.5. The fraction of sp³-hybridized carbons (Fsp3) is 0.444. The molecular formula is C9H13N3O2. The lowest BCUT2D eigenvalue weighted by Gasteiger charge is -2.08. The summed E-state index contributed by atoms with van der Waals surface area (Å²) in [6.45, 7) is 3.98. The maximum Gasteiger partial charge on any atom is 0.341 e. The zero-order valence-corrected chi connectivity index (χ0v) is 8.19. The number of hydrogen-bond donors (Lipinski definition) is 2. The molecule has 0 spiro atoms. The number of aromatic nitrogens is 2. The van der Waals surface area contributed by atoms with Crippen molar-refractivity contribution in [1.82, 2.24) is 9.97 Å². The van der Waals surface area contributed by atoms with E-state index < -0.39 is 5.97 Å². The van der Waals surface area contributed by atoms with Gasteiger partial charge in [0.05, 0.1) is 5.69 Å². The van der Waals surface area contributed by atoms with Crippen LogP contribution in [0.25, 0.3) is 0 Å². The van der Waals surface area contributed by atoms with Crippen LogP contribution in [0, 0.1) is 5.92 Å². The van der Waals surface area contributed by atoms with Crippen LogP contribution in [0.2, 0.25) is 0 Å². The van der Waals surface area contributed by atoms with Crippen LogP contribution < -0.4 is 5.73 Å². The summed E-state index contributed by atoms with van der Waals surface area (Å²) in [5.41, 5.74) is 5.99. The minimum atomic E-state index is -1.07. The summed E-state index contributed by atoms with van der Waals surface area (Å²) in [6, 6.07) is 0. The average Bonchev–Trinajstić information content (AvgIpc) is 2.01. The highest BCUT2D eigenvalue weighted by molar-refractivity contribution is 5.93. The largest absolute Gasteiger partial charge is 0.477 e. The lowest BCUT2D eigenvalue weighted by Crippen LogP contribution is -2.12. The second kappa shape index (κ2) is 4.04. The Balaban J connectivity index is 3.14. The minimum absolute atomic E-state index is 0.0289. The Morgan fingerprint density at radius 3 is 2.71 bits per heavy atom. The summed E-state index contributed by atoms with van der Waals surface area (Å²) in [5, 5.41) is 8.90. The first kappa shape index (κ1) is 10.4. The van der Waals surface area contributed by atoms with Crippen molar-refractivity contribution in [2.45, 2.75) is 20.3 Å². The Kier molecular flexibility index (Phi) is 3.01. The number of carboxylic acids is 1. The molecule has 1 aromatic rings. The smallest absolute Gasteiger partial charge is 0.341 e. The lowest BCUT2D eigenvalue weighted by molar-refractivity contribution is 0.0695. The maximum atomic E-state index is 10.9. The number of carboxylic acid groups (broad SMARTS) is 1. The number of nitrogen functional groups attached to an aromatic ring is 1. The van der Waals surface area contributed by atoms with Gasteiger partial charge in [-0.05, 0) is 12.3 Å². The molecule has 14 heavy (non-hydrogen) atoms. The van der Waals surface area contributed by atoms with Gasteiger partial charge in [-0.1, -0.05) is 13.8 Å². The van der Waals surface area contributed by atoms with Crippen LogP contribution in [0.15, 0.2) is 6.33 Å². The third-order valence-corrected chi connectivity index (χ3v) is 1.77. The van der Waals surface area contributed by atoms with Gasteiger partial charge in [0, 0.05) is 0 Å². The maximum absolute atomic E-state index is 10.9. The molecule has 0 aliphatic rings. The second-order valence-electron chi connectivity index (χ2n) is 3.48. The van der Waals surface area contributed by atoms with E-state index in [1.165, 1.54) is 6.33 Å². The summed E-state index contributed by atoms with van der Waals surface area (Å²) in [7, 11) is 0. The number of nitrogens with zero attached hydrogens (tertiary/aromatic N) is 2. The van der Waals surface area contributed by atoms with Crippen molar-refractivity contribution >= 4 is 11.8 Å². The van der Waals surface area contributed by atoms with Crippen LogP contribution in [0.1, 0.15) is 29.9 Å². The zero-order chi connectivity index (χ0) is 10.7. The Morgan fingerprint density at radius 1 is 1.57 bits per heavy atom. The fourth-order valence-corrected chi connectivity index (χ4v) is 1.21. The van der Waals surface area contributed by atoms with Gasteiger partial charge < -0.3 is 10.8 Å². The standard InChI is InChI=1S/C9H13N3O2/c1-5(2)3-6-7(9(13)14)8(10)12-4-11-6/h4-5H,3H2,1-2H3,(H,13,14)(H2,10,11,12). The predicted molar refractivity (Wildman–Crippen MR) is 51.9 cm³/mol. The van der Waals surface area contributed by atoms with Crippen molar-refractivity contribution in [3.63, 3.8) is 0 Å². The second-order valence-corrected chi connectivity index (χ2v) is 3.48. The summed E-state index contributed by atoms with van der Waals surface area (Å²) < 4.78 is 0. The molecule has 0 aromatic carbocycles. The molecule has 0 saturated heterocycles. The van der Waals surface area contributed by atoms with Gasteiger partial charge >= 0.3 is 5.97 Å². The number of aromatic carboxylic acids is 1. The van der Waals surface area contributed by atoms with E-state index in [-0.39, 0.29) is 11.4 Å². The molecule has 0 aliphatic heterocycles. The molecule has 5 heteroatoms. The quantitative estimate of drug-likeness (QED) is 0.749. The molecule has 0 radical (unpaired) electrons. The highest BCUT2D eigenvalue weighted by Gasteiger charge is 2.16. The monoisotopic (exact) mass is 195 g/mol. The van der Waals surface area contributed by atoms with E-state index in [9.17, 15) is 4.79 Å². The van der Waals surface area contributed by atoms with Gasteiger partial charge in [-0.25, -0.2) is 14.8 Å². The van der Waals surface area contributed by atoms with Crippen LogP contribution in [-0.2, 0) is 6.42 Å². The van der Waals surface area contributed by atoms with Crippen LogP contribution >= 0.6 is 0 Å². The molecule has 0 amide bonds. The molecule has 5 nitrogen and oxygen atoms in total. The minimum Gasteiger partial charge on any atom is -0.477 e. The van der Waals surface area contributed by atoms with E-state index in [0.29, 0.717) is 18.0 Å². The molecule has 0 fully saturated rings. The van der Waals surface area contributed by atoms with Crippen LogP contribution in [0.5, 0.6) is 0 Å². The molecule has 0 unspecified atom stereocenters. The van der Waals surface area contributed by atoms with E-state index >= 15 is 0 Å². The molecule has 0 bridgehead atoms. The van der Waals surface area contributed by atoms with Gasteiger partial charge in [0.2, 0.25) is 0 Å². The molecule has 76 valence electrons.